The second kappa shape index (κ2) is 5.66. The van der Waals surface area contributed by atoms with Crippen LogP contribution in [0, 0.1) is 6.92 Å². The third kappa shape index (κ3) is 3.83. The van der Waals surface area contributed by atoms with E-state index in [4.69, 9.17) is 0 Å². The Labute approximate surface area is 91.7 Å². The maximum atomic E-state index is 4.45. The quantitative estimate of drug-likeness (QED) is 0.799. The highest BCUT2D eigenvalue weighted by atomic mass is 15.1. The normalized spacial score (nSPS) is 10.7. The Morgan fingerprint density at radius 3 is 2.67 bits per heavy atom. The molecule has 0 aliphatic carbocycles. The van der Waals surface area contributed by atoms with E-state index in [0.717, 1.165) is 37.0 Å². The number of aromatic nitrogens is 2. The summed E-state index contributed by atoms with van der Waals surface area (Å²) >= 11 is 0. The summed E-state index contributed by atoms with van der Waals surface area (Å²) in [6.07, 6.45) is 0. The monoisotopic (exact) mass is 208 g/mol. The van der Waals surface area contributed by atoms with Gasteiger partial charge in [0.2, 0.25) is 0 Å². The lowest BCUT2D eigenvalue weighted by atomic mass is 10.4. The van der Waals surface area contributed by atoms with Gasteiger partial charge in [-0.25, -0.2) is 9.97 Å². The molecule has 1 N–H and O–H groups in total. The van der Waals surface area contributed by atoms with E-state index in [1.54, 1.807) is 0 Å². The molecule has 0 aromatic carbocycles. The average molecular weight is 208 g/mol. The van der Waals surface area contributed by atoms with Crippen LogP contribution in [0.25, 0.3) is 0 Å². The predicted molar refractivity (Wildman–Crippen MR) is 62.9 cm³/mol. The molecule has 0 saturated carbocycles. The number of nitrogens with zero attached hydrogens (tertiary/aromatic N) is 3. The van der Waals surface area contributed by atoms with Crippen molar-refractivity contribution in [2.24, 2.45) is 0 Å². The number of hydrogen-bond acceptors (Lipinski definition) is 4. The lowest BCUT2D eigenvalue weighted by Gasteiger charge is -2.13. The molecule has 15 heavy (non-hydrogen) atoms. The van der Waals surface area contributed by atoms with E-state index in [1.807, 2.05) is 13.0 Å². The first-order chi connectivity index (χ1) is 7.15. The van der Waals surface area contributed by atoms with Gasteiger partial charge in [-0.05, 0) is 27.4 Å². The van der Waals surface area contributed by atoms with Crippen molar-refractivity contribution in [2.75, 3.05) is 25.5 Å². The summed E-state index contributed by atoms with van der Waals surface area (Å²) in [5.41, 5.74) is 1.01. The van der Waals surface area contributed by atoms with E-state index in [-0.39, 0.29) is 0 Å². The number of hydrogen-bond donors (Lipinski definition) is 1. The van der Waals surface area contributed by atoms with Crippen LogP contribution >= 0.6 is 0 Å². The Hall–Kier alpha value is -1.16. The second-order valence-electron chi connectivity index (χ2n) is 3.67. The van der Waals surface area contributed by atoms with Crippen LogP contribution < -0.4 is 5.32 Å². The highest BCUT2D eigenvalue weighted by Crippen LogP contribution is 2.07. The topological polar surface area (TPSA) is 41.1 Å². The molecule has 1 aromatic rings. The summed E-state index contributed by atoms with van der Waals surface area (Å²) < 4.78 is 0. The molecule has 0 aliphatic rings. The van der Waals surface area contributed by atoms with E-state index < -0.39 is 0 Å². The van der Waals surface area contributed by atoms with Gasteiger partial charge in [0, 0.05) is 18.3 Å². The van der Waals surface area contributed by atoms with Gasteiger partial charge in [-0.3, -0.25) is 4.90 Å². The van der Waals surface area contributed by atoms with Crippen LogP contribution in [0.3, 0.4) is 0 Å². The van der Waals surface area contributed by atoms with Gasteiger partial charge >= 0.3 is 0 Å². The first-order valence-corrected chi connectivity index (χ1v) is 5.42. The maximum Gasteiger partial charge on any atom is 0.144 e. The molecule has 0 bridgehead atoms. The minimum atomic E-state index is 0.802. The molecule has 1 heterocycles. The minimum Gasteiger partial charge on any atom is -0.370 e. The van der Waals surface area contributed by atoms with Gasteiger partial charge in [-0.1, -0.05) is 6.92 Å². The third-order valence-electron chi connectivity index (χ3n) is 2.21. The Bertz CT molecular complexity index is 311. The molecular weight excluding hydrogens is 188 g/mol. The second-order valence-corrected chi connectivity index (χ2v) is 3.67. The van der Waals surface area contributed by atoms with Gasteiger partial charge < -0.3 is 5.32 Å². The van der Waals surface area contributed by atoms with Crippen molar-refractivity contribution in [2.45, 2.75) is 27.3 Å². The third-order valence-corrected chi connectivity index (χ3v) is 2.21. The Morgan fingerprint density at radius 2 is 2.07 bits per heavy atom. The first-order valence-electron chi connectivity index (χ1n) is 5.42. The highest BCUT2D eigenvalue weighted by Gasteiger charge is 2.03. The molecule has 0 fully saturated rings. The van der Waals surface area contributed by atoms with Crippen LogP contribution in [-0.2, 0) is 6.54 Å². The van der Waals surface area contributed by atoms with Gasteiger partial charge in [0.1, 0.15) is 11.6 Å². The fourth-order valence-corrected chi connectivity index (χ4v) is 1.33. The molecular formula is C11H20N4. The fraction of sp³-hybridized carbons (Fsp3) is 0.636. The van der Waals surface area contributed by atoms with Crippen LogP contribution in [0.1, 0.15) is 25.4 Å². The number of aryl methyl sites for hydroxylation is 1. The lowest BCUT2D eigenvalue weighted by molar-refractivity contribution is 0.336. The van der Waals surface area contributed by atoms with Gasteiger partial charge in [0.15, 0.2) is 0 Å². The van der Waals surface area contributed by atoms with E-state index in [2.05, 4.69) is 41.1 Å². The van der Waals surface area contributed by atoms with Crippen molar-refractivity contribution >= 4 is 5.82 Å². The molecule has 0 aliphatic heterocycles. The summed E-state index contributed by atoms with van der Waals surface area (Å²) in [4.78, 5) is 11.0. The molecule has 0 unspecified atom stereocenters. The average Bonchev–Trinajstić information content (AvgIpc) is 2.17. The van der Waals surface area contributed by atoms with Gasteiger partial charge in [0.05, 0.1) is 6.54 Å². The maximum absolute atomic E-state index is 4.45. The molecule has 4 heteroatoms. The number of nitrogens with one attached hydrogen (secondary N) is 1. The van der Waals surface area contributed by atoms with Crippen molar-refractivity contribution in [3.8, 4) is 0 Å². The molecule has 84 valence electrons. The molecule has 0 atom stereocenters. The Morgan fingerprint density at radius 1 is 1.33 bits per heavy atom. The highest BCUT2D eigenvalue weighted by molar-refractivity contribution is 5.35. The van der Waals surface area contributed by atoms with Crippen molar-refractivity contribution in [3.63, 3.8) is 0 Å². The largest absolute Gasteiger partial charge is 0.370 e. The van der Waals surface area contributed by atoms with Crippen LogP contribution in [-0.4, -0.2) is 35.0 Å². The van der Waals surface area contributed by atoms with E-state index >= 15 is 0 Å². The zero-order chi connectivity index (χ0) is 11.3. The Kier molecular flexibility index (Phi) is 4.49. The molecule has 1 rings (SSSR count). The SMILES string of the molecule is CCNc1cc(C)nc(CN(C)CC)n1. The van der Waals surface area contributed by atoms with Crippen LogP contribution in [0.15, 0.2) is 6.07 Å². The van der Waals surface area contributed by atoms with Crippen molar-refractivity contribution in [3.05, 3.63) is 17.6 Å². The van der Waals surface area contributed by atoms with Gasteiger partial charge in [0.25, 0.3) is 0 Å². The summed E-state index contributed by atoms with van der Waals surface area (Å²) in [5.74, 6) is 1.81. The number of anilines is 1. The zero-order valence-corrected chi connectivity index (χ0v) is 10.0. The lowest BCUT2D eigenvalue weighted by Crippen LogP contribution is -2.19. The summed E-state index contributed by atoms with van der Waals surface area (Å²) in [5, 5.41) is 3.21. The Balaban J connectivity index is 2.78. The van der Waals surface area contributed by atoms with Gasteiger partial charge in [-0.2, -0.15) is 0 Å². The molecule has 0 saturated heterocycles. The summed E-state index contributed by atoms with van der Waals surface area (Å²) in [7, 11) is 2.07. The van der Waals surface area contributed by atoms with Crippen molar-refractivity contribution in [1.29, 1.82) is 0 Å². The van der Waals surface area contributed by atoms with E-state index in [9.17, 15) is 0 Å². The van der Waals surface area contributed by atoms with Crippen LogP contribution in [0.2, 0.25) is 0 Å². The molecule has 0 spiro atoms. The minimum absolute atomic E-state index is 0.802. The molecule has 0 radical (unpaired) electrons. The fourth-order valence-electron chi connectivity index (χ4n) is 1.33. The van der Waals surface area contributed by atoms with Crippen LogP contribution in [0.4, 0.5) is 5.82 Å². The zero-order valence-electron chi connectivity index (χ0n) is 10.0. The predicted octanol–water partition coefficient (Wildman–Crippen LogP) is 1.67. The standard InChI is InChI=1S/C11H20N4/c1-5-12-10-7-9(3)13-11(14-10)8-15(4)6-2/h7H,5-6,8H2,1-4H3,(H,12,13,14). The van der Waals surface area contributed by atoms with Crippen LogP contribution in [0.5, 0.6) is 0 Å². The van der Waals surface area contributed by atoms with Crippen molar-refractivity contribution in [1.82, 2.24) is 14.9 Å². The first kappa shape index (κ1) is 11.9. The molecule has 0 amide bonds. The summed E-state index contributed by atoms with van der Waals surface area (Å²) in [6, 6.07) is 1.97. The summed E-state index contributed by atoms with van der Waals surface area (Å²) in [6.45, 7) is 8.89. The molecule has 1 aromatic heterocycles. The van der Waals surface area contributed by atoms with Crippen molar-refractivity contribution < 1.29 is 0 Å². The van der Waals surface area contributed by atoms with Gasteiger partial charge in [-0.15, -0.1) is 0 Å². The molecule has 4 nitrogen and oxygen atoms in total. The smallest absolute Gasteiger partial charge is 0.144 e. The van der Waals surface area contributed by atoms with E-state index in [0.29, 0.717) is 0 Å². The number of rotatable bonds is 5. The van der Waals surface area contributed by atoms with E-state index in [1.165, 1.54) is 0 Å².